The van der Waals surface area contributed by atoms with Crippen LogP contribution >= 0.6 is 22.6 Å². The average molecular weight is 585 g/mol. The molecule has 35 heavy (non-hydrogen) atoms. The lowest BCUT2D eigenvalue weighted by Crippen LogP contribution is -2.13. The molecule has 10 heteroatoms. The molecule has 0 unspecified atom stereocenters. The van der Waals surface area contributed by atoms with Crippen LogP contribution in [0, 0.1) is 31.9 Å². The van der Waals surface area contributed by atoms with Gasteiger partial charge in [0.25, 0.3) is 11.6 Å². The maximum atomic E-state index is 12.6. The Hall–Kier alpha value is -4.11. The van der Waals surface area contributed by atoms with E-state index in [-0.39, 0.29) is 16.9 Å². The number of nitrogens with zero attached hydrogens (tertiary/aromatic N) is 2. The summed E-state index contributed by atoms with van der Waals surface area (Å²) < 4.78 is 12.2. The summed E-state index contributed by atoms with van der Waals surface area (Å²) in [6.07, 6.45) is 1.37. The lowest BCUT2D eigenvalue weighted by Gasteiger charge is -2.15. The van der Waals surface area contributed by atoms with Gasteiger partial charge in [0.05, 0.1) is 27.4 Å². The van der Waals surface area contributed by atoms with Gasteiger partial charge in [-0.3, -0.25) is 14.9 Å². The normalized spacial score (nSPS) is 10.9. The third kappa shape index (κ3) is 6.27. The van der Waals surface area contributed by atoms with Crippen molar-refractivity contribution in [1.82, 2.24) is 0 Å². The van der Waals surface area contributed by atoms with Gasteiger partial charge in [0.2, 0.25) is 0 Å². The lowest BCUT2D eigenvalue weighted by molar-refractivity contribution is -0.384. The van der Waals surface area contributed by atoms with Gasteiger partial charge >= 0.3 is 0 Å². The summed E-state index contributed by atoms with van der Waals surface area (Å²) in [7, 11) is 1.49. The van der Waals surface area contributed by atoms with Gasteiger partial charge in [0, 0.05) is 6.07 Å². The van der Waals surface area contributed by atoms with Gasteiger partial charge in [0.15, 0.2) is 11.5 Å². The van der Waals surface area contributed by atoms with E-state index < -0.39 is 16.6 Å². The largest absolute Gasteiger partial charge is 0.506 e. The van der Waals surface area contributed by atoms with Crippen molar-refractivity contribution in [2.75, 3.05) is 12.4 Å². The summed E-state index contributed by atoms with van der Waals surface area (Å²) >= 11 is 2.09. The topological polar surface area (TPSA) is 135 Å². The molecule has 0 bridgehead atoms. The van der Waals surface area contributed by atoms with Crippen LogP contribution in [-0.2, 0) is 11.4 Å². The maximum absolute atomic E-state index is 12.6. The second kappa shape index (κ2) is 11.3. The Morgan fingerprint density at radius 3 is 2.63 bits per heavy atom. The molecule has 3 aromatic rings. The average Bonchev–Trinajstić information content (AvgIpc) is 2.83. The standard InChI is InChI=1S/C25H20IN3O6/c1-15-5-3-4-6-17(15)14-35-24-20(26)10-16(11-23(24)34-2)9-18(13-27)25(31)28-21-8-7-19(29(32)33)12-22(21)30/h3-12,30H,14H2,1-2H3,(H,28,31)/b18-9+. The summed E-state index contributed by atoms with van der Waals surface area (Å²) in [6.45, 7) is 2.35. The van der Waals surface area contributed by atoms with Crippen LogP contribution < -0.4 is 14.8 Å². The van der Waals surface area contributed by atoms with Crippen LogP contribution in [0.4, 0.5) is 11.4 Å². The molecule has 0 heterocycles. The van der Waals surface area contributed by atoms with E-state index >= 15 is 0 Å². The Bertz CT molecular complexity index is 1360. The first-order chi connectivity index (χ1) is 16.7. The number of anilines is 1. The molecule has 1 amide bonds. The fraction of sp³-hybridized carbons (Fsp3) is 0.120. The van der Waals surface area contributed by atoms with Crippen molar-refractivity contribution in [1.29, 1.82) is 5.26 Å². The van der Waals surface area contributed by atoms with Crippen LogP contribution in [0.1, 0.15) is 16.7 Å². The molecule has 0 aliphatic heterocycles. The van der Waals surface area contributed by atoms with Crippen molar-refractivity contribution in [2.45, 2.75) is 13.5 Å². The van der Waals surface area contributed by atoms with Gasteiger partial charge in [-0.05, 0) is 70.5 Å². The SMILES string of the molecule is COc1cc(/C=C(\C#N)C(=O)Nc2ccc([N+](=O)[O-])cc2O)cc(I)c1OCc1ccccc1C. The Morgan fingerprint density at radius 1 is 1.26 bits per heavy atom. The third-order valence-electron chi connectivity index (χ3n) is 5.00. The fourth-order valence-electron chi connectivity index (χ4n) is 3.13. The zero-order valence-corrected chi connectivity index (χ0v) is 20.9. The van der Waals surface area contributed by atoms with Gasteiger partial charge in [-0.1, -0.05) is 24.3 Å². The molecule has 0 saturated heterocycles. The number of methoxy groups -OCH3 is 1. The summed E-state index contributed by atoms with van der Waals surface area (Å²) in [6, 6.07) is 16.3. The number of nitriles is 1. The minimum atomic E-state index is -0.787. The van der Waals surface area contributed by atoms with Crippen LogP contribution in [0.3, 0.4) is 0 Å². The van der Waals surface area contributed by atoms with E-state index in [0.717, 1.165) is 23.3 Å². The number of aryl methyl sites for hydroxylation is 1. The van der Waals surface area contributed by atoms with Crippen molar-refractivity contribution in [3.05, 3.63) is 90.5 Å². The van der Waals surface area contributed by atoms with Gasteiger partial charge in [-0.25, -0.2) is 0 Å². The number of ether oxygens (including phenoxy) is 2. The molecule has 9 nitrogen and oxygen atoms in total. The highest BCUT2D eigenvalue weighted by molar-refractivity contribution is 14.1. The monoisotopic (exact) mass is 585 g/mol. The summed E-state index contributed by atoms with van der Waals surface area (Å²) in [5, 5.41) is 32.7. The van der Waals surface area contributed by atoms with Gasteiger partial charge < -0.3 is 19.9 Å². The van der Waals surface area contributed by atoms with Crippen molar-refractivity contribution < 1.29 is 24.3 Å². The summed E-state index contributed by atoms with van der Waals surface area (Å²) in [4.78, 5) is 22.8. The van der Waals surface area contributed by atoms with Crippen LogP contribution in [0.25, 0.3) is 6.08 Å². The smallest absolute Gasteiger partial charge is 0.273 e. The van der Waals surface area contributed by atoms with E-state index in [1.165, 1.54) is 19.3 Å². The van der Waals surface area contributed by atoms with Crippen LogP contribution in [0.15, 0.2) is 60.2 Å². The van der Waals surface area contributed by atoms with Crippen LogP contribution in [0.2, 0.25) is 0 Å². The second-order valence-electron chi connectivity index (χ2n) is 7.33. The molecular formula is C25H20IN3O6. The van der Waals surface area contributed by atoms with Gasteiger partial charge in [-0.2, -0.15) is 5.26 Å². The number of halogens is 1. The number of nitro benzene ring substituents is 1. The molecule has 0 aliphatic carbocycles. The summed E-state index contributed by atoms with van der Waals surface area (Å²) in [5.74, 6) is -0.309. The van der Waals surface area contributed by atoms with Crippen molar-refractivity contribution >= 4 is 45.9 Å². The Labute approximate surface area is 214 Å². The highest BCUT2D eigenvalue weighted by atomic mass is 127. The Balaban J connectivity index is 1.83. The first kappa shape index (κ1) is 25.5. The molecule has 3 aromatic carbocycles. The quantitative estimate of drug-likeness (QED) is 0.0910. The van der Waals surface area contributed by atoms with Crippen molar-refractivity contribution in [3.8, 4) is 23.3 Å². The molecule has 0 aromatic heterocycles. The molecule has 0 radical (unpaired) electrons. The number of carbonyl (C=O) groups excluding carboxylic acids is 1. The van der Waals surface area contributed by atoms with E-state index in [4.69, 9.17) is 9.47 Å². The fourth-order valence-corrected chi connectivity index (χ4v) is 3.91. The predicted molar refractivity (Wildman–Crippen MR) is 138 cm³/mol. The zero-order chi connectivity index (χ0) is 25.5. The van der Waals surface area contributed by atoms with Crippen LogP contribution in [-0.4, -0.2) is 23.0 Å². The highest BCUT2D eigenvalue weighted by Gasteiger charge is 2.17. The second-order valence-corrected chi connectivity index (χ2v) is 8.49. The Morgan fingerprint density at radius 2 is 2.00 bits per heavy atom. The number of benzene rings is 3. The molecule has 0 aliphatic rings. The van der Waals surface area contributed by atoms with Crippen LogP contribution in [0.5, 0.6) is 17.2 Å². The Kier molecular flexibility index (Phi) is 8.27. The number of rotatable bonds is 8. The zero-order valence-electron chi connectivity index (χ0n) is 18.7. The number of hydrogen-bond acceptors (Lipinski definition) is 7. The van der Waals surface area contributed by atoms with Gasteiger partial charge in [0.1, 0.15) is 24.0 Å². The van der Waals surface area contributed by atoms with Crippen molar-refractivity contribution in [2.24, 2.45) is 0 Å². The molecule has 0 saturated carbocycles. The van der Waals surface area contributed by atoms with Gasteiger partial charge in [-0.15, -0.1) is 0 Å². The number of nitrogens with one attached hydrogen (secondary N) is 1. The molecule has 0 spiro atoms. The maximum Gasteiger partial charge on any atom is 0.273 e. The number of phenolic OH excluding ortho intramolecular Hbond substituents is 1. The molecule has 0 atom stereocenters. The lowest BCUT2D eigenvalue weighted by atomic mass is 10.1. The highest BCUT2D eigenvalue weighted by Crippen LogP contribution is 2.35. The molecule has 178 valence electrons. The molecule has 2 N–H and O–H groups in total. The molecular weight excluding hydrogens is 565 g/mol. The third-order valence-corrected chi connectivity index (χ3v) is 5.80. The minimum Gasteiger partial charge on any atom is -0.506 e. The van der Waals surface area contributed by atoms with E-state index in [0.29, 0.717) is 27.2 Å². The first-order valence-electron chi connectivity index (χ1n) is 10.2. The number of carbonyl (C=O) groups is 1. The number of phenols is 1. The predicted octanol–water partition coefficient (Wildman–Crippen LogP) is 5.35. The number of non-ortho nitro benzene ring substituents is 1. The number of aromatic hydroxyl groups is 1. The van der Waals surface area contributed by atoms with Crippen molar-refractivity contribution in [3.63, 3.8) is 0 Å². The summed E-state index contributed by atoms with van der Waals surface area (Å²) in [5.41, 5.74) is 2.03. The minimum absolute atomic E-state index is 0.0612. The van der Waals surface area contributed by atoms with E-state index in [1.807, 2.05) is 37.3 Å². The first-order valence-corrected chi connectivity index (χ1v) is 11.3. The number of amides is 1. The van der Waals surface area contributed by atoms with E-state index in [1.54, 1.807) is 12.1 Å². The number of nitro groups is 1. The molecule has 3 rings (SSSR count). The number of hydrogen-bond donors (Lipinski definition) is 2. The van der Waals surface area contributed by atoms with E-state index in [9.17, 15) is 25.3 Å². The molecule has 0 fully saturated rings. The van der Waals surface area contributed by atoms with E-state index in [2.05, 4.69) is 27.9 Å².